The molecule has 0 fully saturated rings. The molecule has 0 bridgehead atoms. The van der Waals surface area contributed by atoms with Gasteiger partial charge < -0.3 is 0 Å². The molecular weight excluding hydrogens is 151 g/mol. The molecule has 1 rings (SSSR count). The molecule has 0 unspecified atom stereocenters. The molecule has 0 amide bonds. The van der Waals surface area contributed by atoms with Gasteiger partial charge in [0.2, 0.25) is 0 Å². The summed E-state index contributed by atoms with van der Waals surface area (Å²) in [6.45, 7) is 0. The van der Waals surface area contributed by atoms with E-state index >= 15 is 0 Å². The van der Waals surface area contributed by atoms with Crippen molar-refractivity contribution >= 4 is 34.5 Å². The van der Waals surface area contributed by atoms with Gasteiger partial charge in [-0.25, -0.2) is 0 Å². The zero-order valence-electron chi connectivity index (χ0n) is 3.24. The molecule has 37 valence electrons. The normalized spacial score (nSPS) is 9.43. The van der Waals surface area contributed by atoms with E-state index in [1.807, 2.05) is 0 Å². The van der Waals surface area contributed by atoms with Crippen LogP contribution in [0.25, 0.3) is 0 Å². The number of halogens is 2. The molecule has 0 nitrogen and oxygen atoms in total. The van der Waals surface area contributed by atoms with E-state index in [-0.39, 0.29) is 0 Å². The van der Waals surface area contributed by atoms with Crippen molar-refractivity contribution in [3.8, 4) is 0 Å². The zero-order chi connectivity index (χ0) is 5.28. The maximum Gasteiger partial charge on any atom is 0.102 e. The third kappa shape index (κ3) is 1.34. The number of hydrogen-bond donors (Lipinski definition) is 0. The maximum absolute atomic E-state index is 5.46. The Morgan fingerprint density at radius 3 is 2.43 bits per heavy atom. The van der Waals surface area contributed by atoms with Crippen LogP contribution >= 0.6 is 34.5 Å². The molecule has 0 N–H and O–H groups in total. The van der Waals surface area contributed by atoms with Crippen LogP contribution in [0.3, 0.4) is 0 Å². The summed E-state index contributed by atoms with van der Waals surface area (Å²) in [5.41, 5.74) is 0. The Bertz CT molecular complexity index is 142. The third-order valence-corrected chi connectivity index (χ3v) is 1.78. The Morgan fingerprint density at radius 1 is 1.57 bits per heavy atom. The van der Waals surface area contributed by atoms with E-state index in [4.69, 9.17) is 23.2 Å². The lowest BCUT2D eigenvalue weighted by molar-refractivity contribution is 1.98. The molecule has 0 atom stereocenters. The van der Waals surface area contributed by atoms with Gasteiger partial charge in [-0.05, 0) is 6.07 Å². The van der Waals surface area contributed by atoms with Crippen molar-refractivity contribution in [3.05, 3.63) is 20.8 Å². The molecular formula is C4HCl2S. The topological polar surface area (TPSA) is 0 Å². The second kappa shape index (κ2) is 2.03. The molecule has 0 saturated carbocycles. The minimum absolute atomic E-state index is 0.616. The van der Waals surface area contributed by atoms with Crippen molar-refractivity contribution in [3.63, 3.8) is 0 Å². The van der Waals surface area contributed by atoms with Gasteiger partial charge in [-0.15, -0.1) is 11.3 Å². The van der Waals surface area contributed by atoms with Crippen molar-refractivity contribution in [2.24, 2.45) is 0 Å². The zero-order valence-corrected chi connectivity index (χ0v) is 5.57. The summed E-state index contributed by atoms with van der Waals surface area (Å²) in [4.78, 5) is 0. The Hall–Kier alpha value is 0.280. The summed E-state index contributed by atoms with van der Waals surface area (Å²) in [7, 11) is 0. The highest BCUT2D eigenvalue weighted by Crippen LogP contribution is 2.24. The standard InChI is InChI=1S/C4HCl2S/c5-3-1-2-4(6)7-3/h1H. The van der Waals surface area contributed by atoms with Crippen LogP contribution in [0.2, 0.25) is 8.67 Å². The molecule has 1 aromatic heterocycles. The Labute approximate surface area is 55.7 Å². The van der Waals surface area contributed by atoms with Gasteiger partial charge in [-0.3, -0.25) is 0 Å². The van der Waals surface area contributed by atoms with E-state index in [1.54, 1.807) is 6.07 Å². The lowest BCUT2D eigenvalue weighted by Crippen LogP contribution is -1.32. The monoisotopic (exact) mass is 151 g/mol. The van der Waals surface area contributed by atoms with Gasteiger partial charge in [0.25, 0.3) is 0 Å². The van der Waals surface area contributed by atoms with Gasteiger partial charge >= 0.3 is 0 Å². The predicted molar refractivity (Wildman–Crippen MR) is 33.2 cm³/mol. The maximum atomic E-state index is 5.46. The van der Waals surface area contributed by atoms with Crippen LogP contribution in [0.5, 0.6) is 0 Å². The molecule has 7 heavy (non-hydrogen) atoms. The van der Waals surface area contributed by atoms with Gasteiger partial charge in [-0.2, -0.15) is 0 Å². The summed E-state index contributed by atoms with van der Waals surface area (Å²) in [6.07, 6.45) is 0. The Morgan fingerprint density at radius 2 is 2.29 bits per heavy atom. The van der Waals surface area contributed by atoms with Crippen molar-refractivity contribution < 1.29 is 0 Å². The summed E-state index contributed by atoms with van der Waals surface area (Å²) in [5.74, 6) is 0. The predicted octanol–water partition coefficient (Wildman–Crippen LogP) is 2.86. The lowest BCUT2D eigenvalue weighted by Gasteiger charge is -1.66. The minimum Gasteiger partial charge on any atom is -0.111 e. The fourth-order valence-electron chi connectivity index (χ4n) is 0.258. The largest absolute Gasteiger partial charge is 0.111 e. The second-order valence-corrected chi connectivity index (χ2v) is 3.25. The minimum atomic E-state index is 0.616. The molecule has 1 radical (unpaired) electrons. The summed E-state index contributed by atoms with van der Waals surface area (Å²) in [6, 6.07) is 4.37. The molecule has 0 aromatic carbocycles. The van der Waals surface area contributed by atoms with Crippen molar-refractivity contribution in [2.45, 2.75) is 0 Å². The first-order chi connectivity index (χ1) is 3.29. The van der Waals surface area contributed by atoms with Crippen LogP contribution in [0.4, 0.5) is 0 Å². The van der Waals surface area contributed by atoms with Crippen molar-refractivity contribution in [1.82, 2.24) is 0 Å². The fourth-order valence-corrected chi connectivity index (χ4v) is 1.37. The number of thiophene rings is 1. The van der Waals surface area contributed by atoms with Crippen LogP contribution in [0.1, 0.15) is 0 Å². The van der Waals surface area contributed by atoms with Crippen LogP contribution in [0.15, 0.2) is 6.07 Å². The smallest absolute Gasteiger partial charge is 0.102 e. The first kappa shape index (κ1) is 5.42. The fraction of sp³-hybridized carbons (Fsp3) is 0. The summed E-state index contributed by atoms with van der Waals surface area (Å²) >= 11 is 12.2. The van der Waals surface area contributed by atoms with Crippen LogP contribution < -0.4 is 0 Å². The molecule has 0 aliphatic carbocycles. The molecule has 1 aromatic rings. The van der Waals surface area contributed by atoms with E-state index in [0.717, 1.165) is 0 Å². The van der Waals surface area contributed by atoms with Gasteiger partial charge in [-0.1, -0.05) is 23.2 Å². The quantitative estimate of drug-likeness (QED) is 0.536. The first-order valence-corrected chi connectivity index (χ1v) is 3.19. The third-order valence-electron chi connectivity index (χ3n) is 0.486. The van der Waals surface area contributed by atoms with Gasteiger partial charge in [0.05, 0.1) is 4.34 Å². The van der Waals surface area contributed by atoms with Crippen molar-refractivity contribution in [1.29, 1.82) is 0 Å². The van der Waals surface area contributed by atoms with Gasteiger partial charge in [0, 0.05) is 6.07 Å². The molecule has 0 aliphatic heterocycles. The first-order valence-electron chi connectivity index (χ1n) is 1.61. The SMILES string of the molecule is Clc1[c]cc(Cl)s1. The number of hydrogen-bond acceptors (Lipinski definition) is 1. The van der Waals surface area contributed by atoms with Crippen LogP contribution in [0, 0.1) is 6.07 Å². The van der Waals surface area contributed by atoms with Gasteiger partial charge in [0.15, 0.2) is 0 Å². The van der Waals surface area contributed by atoms with Gasteiger partial charge in [0.1, 0.15) is 4.34 Å². The van der Waals surface area contributed by atoms with E-state index in [9.17, 15) is 0 Å². The molecule has 0 saturated heterocycles. The van der Waals surface area contributed by atoms with E-state index in [0.29, 0.717) is 8.67 Å². The second-order valence-electron chi connectivity index (χ2n) is 0.969. The molecule has 1 heterocycles. The highest BCUT2D eigenvalue weighted by atomic mass is 35.5. The van der Waals surface area contributed by atoms with Crippen molar-refractivity contribution in [2.75, 3.05) is 0 Å². The summed E-state index contributed by atoms with van der Waals surface area (Å²) < 4.78 is 1.30. The van der Waals surface area contributed by atoms with Crippen LogP contribution in [-0.2, 0) is 0 Å². The number of rotatable bonds is 0. The average molecular weight is 152 g/mol. The van der Waals surface area contributed by atoms with E-state index in [2.05, 4.69) is 6.07 Å². The van der Waals surface area contributed by atoms with E-state index in [1.165, 1.54) is 11.3 Å². The molecule has 3 heteroatoms. The van der Waals surface area contributed by atoms with E-state index < -0.39 is 0 Å². The highest BCUT2D eigenvalue weighted by molar-refractivity contribution is 7.19. The Kier molecular flexibility index (Phi) is 1.57. The highest BCUT2D eigenvalue weighted by Gasteiger charge is 1.90. The summed E-state index contributed by atoms with van der Waals surface area (Å²) in [5, 5.41) is 0. The average Bonchev–Trinajstić information content (AvgIpc) is 1.87. The molecule has 0 aliphatic rings. The Balaban J connectivity index is 3.04. The lowest BCUT2D eigenvalue weighted by atomic mass is 10.7. The molecule has 0 spiro atoms. The van der Waals surface area contributed by atoms with Crippen LogP contribution in [-0.4, -0.2) is 0 Å².